The fourth-order valence-corrected chi connectivity index (χ4v) is 2.80. The van der Waals surface area contributed by atoms with Crippen LogP contribution >= 0.6 is 11.6 Å². The standard InChI is InChI=1S/C18H20ClNO/c19-16-8-3-9-17(11-16)21-12-18(20)15-7-2-6-14(10-15)13-4-1-5-13/h2-3,6-11,13,18H,1,4-5,12,20H2. The minimum Gasteiger partial charge on any atom is -0.492 e. The van der Waals surface area contributed by atoms with Gasteiger partial charge in [-0.15, -0.1) is 0 Å². The molecule has 1 aliphatic rings. The molecule has 1 saturated carbocycles. The van der Waals surface area contributed by atoms with Crippen LogP contribution < -0.4 is 10.5 Å². The van der Waals surface area contributed by atoms with Crippen molar-refractivity contribution in [2.75, 3.05) is 6.61 Å². The Balaban J connectivity index is 1.63. The maximum absolute atomic E-state index is 6.25. The van der Waals surface area contributed by atoms with E-state index in [4.69, 9.17) is 22.1 Å². The summed E-state index contributed by atoms with van der Waals surface area (Å²) in [6, 6.07) is 15.9. The van der Waals surface area contributed by atoms with Crippen molar-refractivity contribution in [1.29, 1.82) is 0 Å². The van der Waals surface area contributed by atoms with Gasteiger partial charge in [0.05, 0.1) is 6.04 Å². The molecule has 2 nitrogen and oxygen atoms in total. The highest BCUT2D eigenvalue weighted by molar-refractivity contribution is 6.30. The van der Waals surface area contributed by atoms with E-state index in [1.54, 1.807) is 6.07 Å². The Morgan fingerprint density at radius 3 is 2.67 bits per heavy atom. The van der Waals surface area contributed by atoms with Crippen LogP contribution in [-0.2, 0) is 0 Å². The van der Waals surface area contributed by atoms with Gasteiger partial charge in [0.15, 0.2) is 0 Å². The van der Waals surface area contributed by atoms with Crippen LogP contribution in [0.1, 0.15) is 42.3 Å². The smallest absolute Gasteiger partial charge is 0.120 e. The molecule has 3 heteroatoms. The normalized spacial score (nSPS) is 16.3. The average Bonchev–Trinajstić information content (AvgIpc) is 2.43. The third kappa shape index (κ3) is 3.58. The largest absolute Gasteiger partial charge is 0.492 e. The number of halogens is 1. The summed E-state index contributed by atoms with van der Waals surface area (Å²) < 4.78 is 5.73. The molecule has 0 aliphatic heterocycles. The highest BCUT2D eigenvalue weighted by atomic mass is 35.5. The third-order valence-electron chi connectivity index (χ3n) is 4.14. The molecule has 0 saturated heterocycles. The minimum atomic E-state index is -0.121. The molecule has 0 bridgehead atoms. The van der Waals surface area contributed by atoms with Crippen LogP contribution in [0.5, 0.6) is 5.75 Å². The van der Waals surface area contributed by atoms with Crippen LogP contribution in [0.3, 0.4) is 0 Å². The summed E-state index contributed by atoms with van der Waals surface area (Å²) in [4.78, 5) is 0. The summed E-state index contributed by atoms with van der Waals surface area (Å²) in [5.41, 5.74) is 8.81. The van der Waals surface area contributed by atoms with E-state index in [1.165, 1.54) is 24.8 Å². The molecule has 0 heterocycles. The quantitative estimate of drug-likeness (QED) is 0.870. The molecule has 1 unspecified atom stereocenters. The molecule has 21 heavy (non-hydrogen) atoms. The number of hydrogen-bond donors (Lipinski definition) is 1. The summed E-state index contributed by atoms with van der Waals surface area (Å²) >= 11 is 5.94. The van der Waals surface area contributed by atoms with Gasteiger partial charge in [0.25, 0.3) is 0 Å². The van der Waals surface area contributed by atoms with Gasteiger partial charge < -0.3 is 10.5 Å². The zero-order valence-electron chi connectivity index (χ0n) is 12.0. The van der Waals surface area contributed by atoms with E-state index in [9.17, 15) is 0 Å². The number of nitrogens with two attached hydrogens (primary N) is 1. The monoisotopic (exact) mass is 301 g/mol. The Bertz CT molecular complexity index is 610. The topological polar surface area (TPSA) is 35.2 Å². The predicted molar refractivity (Wildman–Crippen MR) is 86.9 cm³/mol. The highest BCUT2D eigenvalue weighted by Gasteiger charge is 2.20. The molecule has 1 aliphatic carbocycles. The average molecular weight is 302 g/mol. The Morgan fingerprint density at radius 2 is 1.95 bits per heavy atom. The van der Waals surface area contributed by atoms with E-state index in [0.717, 1.165) is 17.2 Å². The van der Waals surface area contributed by atoms with E-state index in [-0.39, 0.29) is 6.04 Å². The van der Waals surface area contributed by atoms with Crippen LogP contribution in [0.2, 0.25) is 5.02 Å². The molecule has 1 fully saturated rings. The molecule has 0 amide bonds. The molecule has 1 atom stereocenters. The van der Waals surface area contributed by atoms with Gasteiger partial charge in [0.1, 0.15) is 12.4 Å². The number of benzene rings is 2. The fourth-order valence-electron chi connectivity index (χ4n) is 2.62. The van der Waals surface area contributed by atoms with Gasteiger partial charge in [0, 0.05) is 5.02 Å². The lowest BCUT2D eigenvalue weighted by Crippen LogP contribution is -2.19. The Hall–Kier alpha value is -1.51. The van der Waals surface area contributed by atoms with Crippen LogP contribution in [0.15, 0.2) is 48.5 Å². The van der Waals surface area contributed by atoms with Crippen molar-refractivity contribution in [3.63, 3.8) is 0 Å². The third-order valence-corrected chi connectivity index (χ3v) is 4.38. The second-order valence-electron chi connectivity index (χ2n) is 5.67. The molecule has 0 spiro atoms. The van der Waals surface area contributed by atoms with Crippen molar-refractivity contribution >= 4 is 11.6 Å². The van der Waals surface area contributed by atoms with Gasteiger partial charge in [-0.3, -0.25) is 0 Å². The van der Waals surface area contributed by atoms with Crippen molar-refractivity contribution in [2.45, 2.75) is 31.2 Å². The van der Waals surface area contributed by atoms with Gasteiger partial charge in [-0.05, 0) is 48.1 Å². The van der Waals surface area contributed by atoms with Crippen LogP contribution in [0.4, 0.5) is 0 Å². The van der Waals surface area contributed by atoms with Crippen LogP contribution in [0, 0.1) is 0 Å². The maximum atomic E-state index is 6.25. The zero-order chi connectivity index (χ0) is 14.7. The summed E-state index contributed by atoms with van der Waals surface area (Å²) in [7, 11) is 0. The van der Waals surface area contributed by atoms with Crippen molar-refractivity contribution in [2.24, 2.45) is 5.73 Å². The second-order valence-corrected chi connectivity index (χ2v) is 6.11. The lowest BCUT2D eigenvalue weighted by atomic mass is 9.79. The van der Waals surface area contributed by atoms with Crippen LogP contribution in [-0.4, -0.2) is 6.61 Å². The predicted octanol–water partition coefficient (Wildman–Crippen LogP) is 4.69. The van der Waals surface area contributed by atoms with E-state index in [0.29, 0.717) is 11.6 Å². The number of hydrogen-bond acceptors (Lipinski definition) is 2. The summed E-state index contributed by atoms with van der Waals surface area (Å²) in [6.07, 6.45) is 3.95. The first-order valence-corrected chi connectivity index (χ1v) is 7.84. The molecular weight excluding hydrogens is 282 g/mol. The van der Waals surface area contributed by atoms with E-state index < -0.39 is 0 Å². The summed E-state index contributed by atoms with van der Waals surface area (Å²) in [6.45, 7) is 0.453. The second kappa shape index (κ2) is 6.50. The number of ether oxygens (including phenoxy) is 1. The van der Waals surface area contributed by atoms with E-state index >= 15 is 0 Å². The van der Waals surface area contributed by atoms with Gasteiger partial charge in [0.2, 0.25) is 0 Å². The van der Waals surface area contributed by atoms with Gasteiger partial charge in [-0.1, -0.05) is 48.4 Å². The van der Waals surface area contributed by atoms with Crippen molar-refractivity contribution in [3.05, 3.63) is 64.7 Å². The molecule has 0 aromatic heterocycles. The first-order valence-electron chi connectivity index (χ1n) is 7.46. The van der Waals surface area contributed by atoms with Crippen molar-refractivity contribution < 1.29 is 4.74 Å². The first kappa shape index (κ1) is 14.4. The lowest BCUT2D eigenvalue weighted by Gasteiger charge is -2.26. The van der Waals surface area contributed by atoms with Gasteiger partial charge in [-0.2, -0.15) is 0 Å². The Morgan fingerprint density at radius 1 is 1.14 bits per heavy atom. The summed E-state index contributed by atoms with van der Waals surface area (Å²) in [5.74, 6) is 1.49. The SMILES string of the molecule is NC(COc1cccc(Cl)c1)c1cccc(C2CCC2)c1. The molecular formula is C18H20ClNO. The Kier molecular flexibility index (Phi) is 4.47. The lowest BCUT2D eigenvalue weighted by molar-refractivity contribution is 0.290. The molecule has 3 rings (SSSR count). The fraction of sp³-hybridized carbons (Fsp3) is 0.333. The van der Waals surface area contributed by atoms with Gasteiger partial charge in [-0.25, -0.2) is 0 Å². The zero-order valence-corrected chi connectivity index (χ0v) is 12.7. The van der Waals surface area contributed by atoms with E-state index in [2.05, 4.69) is 24.3 Å². The molecule has 2 aromatic carbocycles. The number of rotatable bonds is 5. The molecule has 2 aromatic rings. The maximum Gasteiger partial charge on any atom is 0.120 e. The minimum absolute atomic E-state index is 0.121. The van der Waals surface area contributed by atoms with Crippen molar-refractivity contribution in [3.8, 4) is 5.75 Å². The molecule has 0 radical (unpaired) electrons. The molecule has 2 N–H and O–H groups in total. The highest BCUT2D eigenvalue weighted by Crippen LogP contribution is 2.36. The van der Waals surface area contributed by atoms with Crippen molar-refractivity contribution in [1.82, 2.24) is 0 Å². The first-order chi connectivity index (χ1) is 10.2. The molecule has 110 valence electrons. The van der Waals surface area contributed by atoms with Gasteiger partial charge >= 0.3 is 0 Å². The van der Waals surface area contributed by atoms with E-state index in [1.807, 2.05) is 18.2 Å². The Labute approximate surface area is 130 Å². The van der Waals surface area contributed by atoms with Crippen LogP contribution in [0.25, 0.3) is 0 Å². The summed E-state index contributed by atoms with van der Waals surface area (Å²) in [5, 5.41) is 0.674.